The fourth-order valence-electron chi connectivity index (χ4n) is 4.70. The van der Waals surface area contributed by atoms with Crippen molar-refractivity contribution in [1.82, 2.24) is 19.8 Å². The summed E-state index contributed by atoms with van der Waals surface area (Å²) in [5.74, 6) is -0.450. The van der Waals surface area contributed by atoms with E-state index < -0.39 is 15.7 Å². The van der Waals surface area contributed by atoms with E-state index in [9.17, 15) is 18.0 Å². The molecule has 0 radical (unpaired) electrons. The minimum atomic E-state index is -3.36. The molecule has 3 heterocycles. The van der Waals surface area contributed by atoms with E-state index >= 15 is 0 Å². The molecule has 1 atom stereocenters. The molecule has 2 amide bonds. The summed E-state index contributed by atoms with van der Waals surface area (Å²) in [6.07, 6.45) is 4.71. The Balaban J connectivity index is 1.28. The standard InChI is InChI=1S/C28H32N6O5S2/c1-19-16-33(13-14-34(19)20(2)35)17-23-15-30-28(40-23)31-27(36)26(32-39-18-22-5-3-4-12-29-22)21-6-8-24(9-7-21)41(37,38)25-10-11-25/h3-9,12,15,19,25H,10-11,13-14,16-18H2,1-2H3,(H,30,31,36)/t19-/m0/s1. The molecule has 1 aromatic carbocycles. The SMILES string of the molecule is CC(=O)N1CCN(Cc2cnc(NC(=O)C(=NOCc3ccccn3)c3ccc(S(=O)(=O)C4CC4)cc3)s2)C[C@@H]1C. The second kappa shape index (κ2) is 12.5. The van der Waals surface area contributed by atoms with E-state index in [1.165, 1.54) is 23.5 Å². The number of carbonyl (C=O) groups is 2. The maximum absolute atomic E-state index is 13.4. The van der Waals surface area contributed by atoms with Crippen molar-refractivity contribution in [3.63, 3.8) is 0 Å². The number of rotatable bonds is 10. The molecule has 1 saturated carbocycles. The minimum Gasteiger partial charge on any atom is -0.389 e. The summed E-state index contributed by atoms with van der Waals surface area (Å²) >= 11 is 1.36. The number of anilines is 1. The molecule has 11 nitrogen and oxygen atoms in total. The number of nitrogens with zero attached hydrogens (tertiary/aromatic N) is 5. The van der Waals surface area contributed by atoms with Crippen LogP contribution >= 0.6 is 11.3 Å². The molecular formula is C28H32N6O5S2. The van der Waals surface area contributed by atoms with Crippen LogP contribution in [0.15, 0.2) is 64.9 Å². The van der Waals surface area contributed by atoms with Crippen LogP contribution in [0.1, 0.15) is 42.8 Å². The summed E-state index contributed by atoms with van der Waals surface area (Å²) in [5.41, 5.74) is 1.04. The third-order valence-corrected chi connectivity index (χ3v) is 10.2. The molecule has 1 saturated heterocycles. The van der Waals surface area contributed by atoms with Crippen LogP contribution in [0.25, 0.3) is 0 Å². The molecule has 0 unspecified atom stereocenters. The number of nitrogens with one attached hydrogen (secondary N) is 1. The van der Waals surface area contributed by atoms with Crippen LogP contribution in [-0.4, -0.2) is 76.6 Å². The molecule has 3 aromatic rings. The first kappa shape index (κ1) is 28.8. The first-order chi connectivity index (χ1) is 19.7. The fourth-order valence-corrected chi connectivity index (χ4v) is 7.21. The van der Waals surface area contributed by atoms with Gasteiger partial charge in [0.25, 0.3) is 5.91 Å². The number of thiazole rings is 1. The summed E-state index contributed by atoms with van der Waals surface area (Å²) in [4.78, 5) is 44.5. The van der Waals surface area contributed by atoms with E-state index in [1.54, 1.807) is 43.6 Å². The Morgan fingerprint density at radius 2 is 1.90 bits per heavy atom. The Hall–Kier alpha value is -3.68. The molecule has 5 rings (SSSR count). The van der Waals surface area contributed by atoms with E-state index in [1.807, 2.05) is 17.9 Å². The molecule has 0 spiro atoms. The van der Waals surface area contributed by atoms with Gasteiger partial charge in [-0.25, -0.2) is 13.4 Å². The monoisotopic (exact) mass is 596 g/mol. The number of hydrogen-bond donors (Lipinski definition) is 1. The molecule has 1 aliphatic carbocycles. The number of hydrogen-bond acceptors (Lipinski definition) is 10. The van der Waals surface area contributed by atoms with Crippen molar-refractivity contribution >= 4 is 43.8 Å². The van der Waals surface area contributed by atoms with Crippen LogP contribution in [-0.2, 0) is 37.4 Å². The quantitative estimate of drug-likeness (QED) is 0.279. The van der Waals surface area contributed by atoms with E-state index in [0.717, 1.165) is 18.0 Å². The smallest absolute Gasteiger partial charge is 0.280 e. The minimum absolute atomic E-state index is 0.0118. The highest BCUT2D eigenvalue weighted by Gasteiger charge is 2.37. The highest BCUT2D eigenvalue weighted by Crippen LogP contribution is 2.33. The Kier molecular flexibility index (Phi) is 8.76. The third kappa shape index (κ3) is 7.16. The molecular weight excluding hydrogens is 564 g/mol. The molecule has 0 bridgehead atoms. The number of aromatic nitrogens is 2. The van der Waals surface area contributed by atoms with Gasteiger partial charge in [0, 0.05) is 62.0 Å². The number of piperazine rings is 1. The number of sulfone groups is 1. The molecule has 2 aromatic heterocycles. The molecule has 216 valence electrons. The van der Waals surface area contributed by atoms with Gasteiger partial charge in [0.05, 0.1) is 15.8 Å². The fraction of sp³-hybridized carbons (Fsp3) is 0.393. The van der Waals surface area contributed by atoms with E-state index in [-0.39, 0.29) is 34.4 Å². The van der Waals surface area contributed by atoms with E-state index in [2.05, 4.69) is 25.3 Å². The zero-order valence-corrected chi connectivity index (χ0v) is 24.5. The van der Waals surface area contributed by atoms with Gasteiger partial charge < -0.3 is 9.74 Å². The second-order valence-electron chi connectivity index (χ2n) is 10.2. The lowest BCUT2D eigenvalue weighted by atomic mass is 10.1. The first-order valence-corrected chi connectivity index (χ1v) is 15.8. The van der Waals surface area contributed by atoms with Crippen molar-refractivity contribution in [2.75, 3.05) is 25.0 Å². The van der Waals surface area contributed by atoms with Crippen molar-refractivity contribution in [3.8, 4) is 0 Å². The van der Waals surface area contributed by atoms with Gasteiger partial charge in [-0.2, -0.15) is 0 Å². The van der Waals surface area contributed by atoms with Gasteiger partial charge in [-0.3, -0.25) is 24.8 Å². The predicted molar refractivity (Wildman–Crippen MR) is 155 cm³/mol. The number of amides is 2. The summed E-state index contributed by atoms with van der Waals surface area (Å²) < 4.78 is 25.2. The number of carbonyl (C=O) groups excluding carboxylic acids is 2. The Morgan fingerprint density at radius 1 is 1.12 bits per heavy atom. The lowest BCUT2D eigenvalue weighted by molar-refractivity contribution is -0.133. The van der Waals surface area contributed by atoms with E-state index in [4.69, 9.17) is 4.84 Å². The highest BCUT2D eigenvalue weighted by atomic mass is 32.2. The van der Waals surface area contributed by atoms with Gasteiger partial charge in [0.15, 0.2) is 27.3 Å². The van der Waals surface area contributed by atoms with E-state index in [0.29, 0.717) is 42.3 Å². The summed E-state index contributed by atoms with van der Waals surface area (Å²) in [7, 11) is -3.36. The van der Waals surface area contributed by atoms with Gasteiger partial charge in [-0.1, -0.05) is 23.4 Å². The average molecular weight is 597 g/mol. The zero-order valence-electron chi connectivity index (χ0n) is 22.9. The maximum Gasteiger partial charge on any atom is 0.280 e. The Labute approximate surface area is 243 Å². The topological polar surface area (TPSA) is 134 Å². The summed E-state index contributed by atoms with van der Waals surface area (Å²) in [6, 6.07) is 11.6. The highest BCUT2D eigenvalue weighted by molar-refractivity contribution is 7.92. The third-order valence-electron chi connectivity index (χ3n) is 7.00. The van der Waals surface area contributed by atoms with Gasteiger partial charge in [-0.05, 0) is 44.0 Å². The largest absolute Gasteiger partial charge is 0.389 e. The zero-order chi connectivity index (χ0) is 29.0. The molecule has 1 N–H and O–H groups in total. The molecule has 41 heavy (non-hydrogen) atoms. The van der Waals surface area contributed by atoms with Gasteiger partial charge in [-0.15, -0.1) is 11.3 Å². The number of pyridine rings is 1. The van der Waals surface area contributed by atoms with Crippen LogP contribution < -0.4 is 5.32 Å². The summed E-state index contributed by atoms with van der Waals surface area (Å²) in [6.45, 7) is 6.55. The lowest BCUT2D eigenvalue weighted by Gasteiger charge is -2.39. The second-order valence-corrected chi connectivity index (χ2v) is 13.5. The normalized spacial score (nSPS) is 18.2. The van der Waals surface area contributed by atoms with Crippen molar-refractivity contribution in [3.05, 3.63) is 71.0 Å². The molecule has 1 aliphatic heterocycles. The molecule has 13 heteroatoms. The van der Waals surface area contributed by atoms with Crippen molar-refractivity contribution < 1.29 is 22.8 Å². The van der Waals surface area contributed by atoms with Crippen molar-refractivity contribution in [1.29, 1.82) is 0 Å². The Bertz CT molecular complexity index is 1520. The number of oxime groups is 1. The van der Waals surface area contributed by atoms with Gasteiger partial charge >= 0.3 is 0 Å². The molecule has 2 fully saturated rings. The average Bonchev–Trinajstić information content (AvgIpc) is 3.73. The van der Waals surface area contributed by atoms with Crippen molar-refractivity contribution in [2.24, 2.45) is 5.16 Å². The first-order valence-electron chi connectivity index (χ1n) is 13.4. The van der Waals surface area contributed by atoms with Crippen LogP contribution in [0.2, 0.25) is 0 Å². The Morgan fingerprint density at radius 3 is 2.56 bits per heavy atom. The van der Waals surface area contributed by atoms with Crippen molar-refractivity contribution in [2.45, 2.75) is 56.0 Å². The predicted octanol–water partition coefficient (Wildman–Crippen LogP) is 3.09. The lowest BCUT2D eigenvalue weighted by Crippen LogP contribution is -2.52. The summed E-state index contributed by atoms with van der Waals surface area (Å²) in [5, 5.41) is 6.99. The van der Waals surface area contributed by atoms with Crippen LogP contribution in [0.3, 0.4) is 0 Å². The van der Waals surface area contributed by atoms with Gasteiger partial charge in [0.2, 0.25) is 5.91 Å². The number of benzene rings is 1. The maximum atomic E-state index is 13.4. The van der Waals surface area contributed by atoms with Gasteiger partial charge in [0.1, 0.15) is 0 Å². The molecule has 2 aliphatic rings. The van der Waals surface area contributed by atoms with Crippen LogP contribution in [0.5, 0.6) is 0 Å². The van der Waals surface area contributed by atoms with Crippen LogP contribution in [0.4, 0.5) is 5.13 Å². The van der Waals surface area contributed by atoms with Crippen LogP contribution in [0, 0.1) is 0 Å².